The molecule has 1 fully saturated rings. The fraction of sp³-hybridized carbons (Fsp3) is 0.769. The Hall–Kier alpha value is -1.43. The third kappa shape index (κ3) is 3.53. The summed E-state index contributed by atoms with van der Waals surface area (Å²) in [5.74, 6) is 0.153. The molecule has 6 nitrogen and oxygen atoms in total. The van der Waals surface area contributed by atoms with Crippen molar-refractivity contribution in [1.82, 2.24) is 15.5 Å². The number of amides is 1. The minimum absolute atomic E-state index is 0.0292. The molecule has 1 heterocycles. The van der Waals surface area contributed by atoms with Gasteiger partial charge in [0.25, 0.3) is 11.7 Å². The summed E-state index contributed by atoms with van der Waals surface area (Å²) < 4.78 is 4.79. The molecular formula is C13H21N3O3. The normalized spacial score (nSPS) is 18.2. The predicted octanol–water partition coefficient (Wildman–Crippen LogP) is 1.44. The van der Waals surface area contributed by atoms with Crippen LogP contribution < -0.4 is 5.32 Å². The highest BCUT2D eigenvalue weighted by Gasteiger charge is 2.32. The molecule has 1 amide bonds. The highest BCUT2D eigenvalue weighted by Crippen LogP contribution is 2.38. The van der Waals surface area contributed by atoms with Gasteiger partial charge in [0.05, 0.1) is 0 Å². The SMILES string of the molecule is Cc1nc(C(=O)NCC2(CCO)CCCCC2)no1. The summed E-state index contributed by atoms with van der Waals surface area (Å²) in [5.41, 5.74) is 0.0292. The van der Waals surface area contributed by atoms with Gasteiger partial charge in [-0.15, -0.1) is 0 Å². The molecule has 106 valence electrons. The molecule has 0 spiro atoms. The highest BCUT2D eigenvalue weighted by atomic mass is 16.5. The van der Waals surface area contributed by atoms with Crippen LogP contribution in [0.5, 0.6) is 0 Å². The van der Waals surface area contributed by atoms with Crippen molar-refractivity contribution in [3.63, 3.8) is 0 Å². The van der Waals surface area contributed by atoms with Crippen molar-refractivity contribution in [3.8, 4) is 0 Å². The number of aryl methyl sites for hydroxylation is 1. The molecule has 0 unspecified atom stereocenters. The van der Waals surface area contributed by atoms with Crippen LogP contribution in [0.15, 0.2) is 4.52 Å². The van der Waals surface area contributed by atoms with Gasteiger partial charge in [-0.1, -0.05) is 24.4 Å². The molecule has 2 N–H and O–H groups in total. The van der Waals surface area contributed by atoms with Crippen molar-refractivity contribution in [3.05, 3.63) is 11.7 Å². The summed E-state index contributed by atoms with van der Waals surface area (Å²) in [7, 11) is 0. The summed E-state index contributed by atoms with van der Waals surface area (Å²) in [4.78, 5) is 15.8. The molecule has 1 aromatic heterocycles. The molecule has 0 radical (unpaired) electrons. The first-order valence-corrected chi connectivity index (χ1v) is 6.85. The van der Waals surface area contributed by atoms with E-state index in [0.29, 0.717) is 12.4 Å². The number of rotatable bonds is 5. The first-order valence-electron chi connectivity index (χ1n) is 6.85. The van der Waals surface area contributed by atoms with E-state index in [4.69, 9.17) is 4.52 Å². The van der Waals surface area contributed by atoms with Crippen LogP contribution >= 0.6 is 0 Å². The largest absolute Gasteiger partial charge is 0.396 e. The maximum Gasteiger partial charge on any atom is 0.292 e. The summed E-state index contributed by atoms with van der Waals surface area (Å²) in [6.45, 7) is 2.38. The van der Waals surface area contributed by atoms with Crippen molar-refractivity contribution in [2.75, 3.05) is 13.2 Å². The van der Waals surface area contributed by atoms with Gasteiger partial charge in [0.2, 0.25) is 5.89 Å². The Morgan fingerprint density at radius 2 is 2.16 bits per heavy atom. The Labute approximate surface area is 112 Å². The van der Waals surface area contributed by atoms with E-state index in [1.807, 2.05) is 0 Å². The third-order valence-corrected chi connectivity index (χ3v) is 3.91. The lowest BCUT2D eigenvalue weighted by atomic mass is 9.72. The second-order valence-corrected chi connectivity index (χ2v) is 5.35. The fourth-order valence-electron chi connectivity index (χ4n) is 2.79. The van der Waals surface area contributed by atoms with Gasteiger partial charge in [-0.25, -0.2) is 0 Å². The van der Waals surface area contributed by atoms with Crippen LogP contribution in [-0.4, -0.2) is 34.3 Å². The van der Waals surface area contributed by atoms with E-state index in [-0.39, 0.29) is 23.8 Å². The van der Waals surface area contributed by atoms with Crippen LogP contribution in [-0.2, 0) is 0 Å². The van der Waals surface area contributed by atoms with Crippen LogP contribution in [0.2, 0.25) is 0 Å². The predicted molar refractivity (Wildman–Crippen MR) is 68.6 cm³/mol. The highest BCUT2D eigenvalue weighted by molar-refractivity contribution is 5.90. The van der Waals surface area contributed by atoms with Gasteiger partial charge < -0.3 is 14.9 Å². The smallest absolute Gasteiger partial charge is 0.292 e. The number of aromatic nitrogens is 2. The number of nitrogens with zero attached hydrogens (tertiary/aromatic N) is 2. The Kier molecular flexibility index (Phi) is 4.52. The van der Waals surface area contributed by atoms with E-state index in [2.05, 4.69) is 15.5 Å². The first kappa shape index (κ1) is 14.0. The number of nitrogens with one attached hydrogen (secondary N) is 1. The molecule has 0 aliphatic heterocycles. The Morgan fingerprint density at radius 1 is 1.42 bits per heavy atom. The molecule has 0 bridgehead atoms. The molecule has 19 heavy (non-hydrogen) atoms. The summed E-state index contributed by atoms with van der Waals surface area (Å²) in [5, 5.41) is 15.7. The van der Waals surface area contributed by atoms with Crippen molar-refractivity contribution in [2.45, 2.75) is 45.4 Å². The van der Waals surface area contributed by atoms with Crippen molar-refractivity contribution in [2.24, 2.45) is 5.41 Å². The van der Waals surface area contributed by atoms with E-state index in [1.54, 1.807) is 6.92 Å². The van der Waals surface area contributed by atoms with Crippen molar-refractivity contribution >= 4 is 5.91 Å². The first-order chi connectivity index (χ1) is 9.15. The van der Waals surface area contributed by atoms with Gasteiger partial charge in [0, 0.05) is 20.1 Å². The van der Waals surface area contributed by atoms with Gasteiger partial charge in [-0.05, 0) is 24.7 Å². The Balaban J connectivity index is 1.93. The average Bonchev–Trinajstić information content (AvgIpc) is 2.84. The summed E-state index contributed by atoms with van der Waals surface area (Å²) >= 11 is 0. The number of hydrogen-bond donors (Lipinski definition) is 2. The summed E-state index contributed by atoms with van der Waals surface area (Å²) in [6, 6.07) is 0. The quantitative estimate of drug-likeness (QED) is 0.842. The molecular weight excluding hydrogens is 246 g/mol. The van der Waals surface area contributed by atoms with Gasteiger partial charge in [-0.3, -0.25) is 4.79 Å². The number of carbonyl (C=O) groups is 1. The molecule has 6 heteroatoms. The Morgan fingerprint density at radius 3 is 2.74 bits per heavy atom. The van der Waals surface area contributed by atoms with Crippen LogP contribution in [0.25, 0.3) is 0 Å². The van der Waals surface area contributed by atoms with Gasteiger partial charge in [-0.2, -0.15) is 4.98 Å². The van der Waals surface area contributed by atoms with E-state index < -0.39 is 0 Å². The Bertz CT molecular complexity index is 419. The van der Waals surface area contributed by atoms with Crippen molar-refractivity contribution < 1.29 is 14.4 Å². The topological polar surface area (TPSA) is 88.2 Å². The molecule has 2 rings (SSSR count). The monoisotopic (exact) mass is 267 g/mol. The summed E-state index contributed by atoms with van der Waals surface area (Å²) in [6.07, 6.45) is 6.41. The minimum Gasteiger partial charge on any atom is -0.396 e. The zero-order chi connectivity index (χ0) is 13.7. The number of aliphatic hydroxyl groups excluding tert-OH is 1. The van der Waals surface area contributed by atoms with Crippen LogP contribution in [0.1, 0.15) is 55.0 Å². The molecule has 1 aliphatic carbocycles. The van der Waals surface area contributed by atoms with Gasteiger partial charge in [0.15, 0.2) is 0 Å². The zero-order valence-electron chi connectivity index (χ0n) is 11.3. The number of aliphatic hydroxyl groups is 1. The van der Waals surface area contributed by atoms with Crippen LogP contribution in [0.4, 0.5) is 0 Å². The lowest BCUT2D eigenvalue weighted by Gasteiger charge is -2.37. The van der Waals surface area contributed by atoms with Crippen molar-refractivity contribution in [1.29, 1.82) is 0 Å². The average molecular weight is 267 g/mol. The van der Waals surface area contributed by atoms with Crippen LogP contribution in [0.3, 0.4) is 0 Å². The number of hydrogen-bond acceptors (Lipinski definition) is 5. The van der Waals surface area contributed by atoms with E-state index in [9.17, 15) is 9.90 Å². The van der Waals surface area contributed by atoms with Gasteiger partial charge in [0.1, 0.15) is 0 Å². The fourth-order valence-corrected chi connectivity index (χ4v) is 2.79. The van der Waals surface area contributed by atoms with E-state index in [0.717, 1.165) is 32.1 Å². The molecule has 0 aromatic carbocycles. The molecule has 1 aliphatic rings. The maximum atomic E-state index is 11.9. The van der Waals surface area contributed by atoms with E-state index in [1.165, 1.54) is 6.42 Å². The minimum atomic E-state index is -0.306. The third-order valence-electron chi connectivity index (χ3n) is 3.91. The second-order valence-electron chi connectivity index (χ2n) is 5.35. The van der Waals surface area contributed by atoms with Crippen LogP contribution in [0, 0.1) is 12.3 Å². The number of carbonyl (C=O) groups excluding carboxylic acids is 1. The lowest BCUT2D eigenvalue weighted by molar-refractivity contribution is 0.0857. The lowest BCUT2D eigenvalue weighted by Crippen LogP contribution is -2.40. The zero-order valence-corrected chi connectivity index (χ0v) is 11.3. The molecule has 0 saturated heterocycles. The maximum absolute atomic E-state index is 11.9. The van der Waals surface area contributed by atoms with Gasteiger partial charge >= 0.3 is 0 Å². The molecule has 1 saturated carbocycles. The molecule has 0 atom stereocenters. The van der Waals surface area contributed by atoms with E-state index >= 15 is 0 Å². The second kappa shape index (κ2) is 6.14. The molecule has 1 aromatic rings. The standard InChI is InChI=1S/C13H21N3O3/c1-10-15-11(16-19-10)12(18)14-9-13(7-8-17)5-3-2-4-6-13/h17H,2-9H2,1H3,(H,14,18).